The van der Waals surface area contributed by atoms with Gasteiger partial charge in [-0.05, 0) is 32.4 Å². The Morgan fingerprint density at radius 3 is 2.48 bits per heavy atom. The number of fused-ring (bicyclic) bond motifs is 2. The van der Waals surface area contributed by atoms with Crippen LogP contribution in [-0.2, 0) is 23.7 Å². The van der Waals surface area contributed by atoms with E-state index in [9.17, 15) is 20.1 Å². The second-order valence-electron chi connectivity index (χ2n) is 10.3. The predicted octanol–water partition coefficient (Wildman–Crippen LogP) is -0.805. The highest BCUT2D eigenvalue weighted by Crippen LogP contribution is 2.38. The third-order valence-electron chi connectivity index (χ3n) is 7.17. The van der Waals surface area contributed by atoms with E-state index in [1.807, 2.05) is 27.7 Å². The molecule has 0 bridgehead atoms. The molecule has 33 heavy (non-hydrogen) atoms. The van der Waals surface area contributed by atoms with Crippen LogP contribution in [0.1, 0.15) is 34.1 Å². The van der Waals surface area contributed by atoms with Crippen molar-refractivity contribution in [2.24, 2.45) is 11.8 Å². The molecule has 0 aromatic heterocycles. The summed E-state index contributed by atoms with van der Waals surface area (Å²) in [5.41, 5.74) is -0.700. The number of aliphatic hydroxyl groups is 3. The molecule has 0 aliphatic carbocycles. The number of nitrogens with one attached hydrogen (secondary N) is 2. The molecule has 10 nitrogen and oxygen atoms in total. The maximum Gasteiger partial charge on any atom is 0.240 e. The summed E-state index contributed by atoms with van der Waals surface area (Å²) in [6.45, 7) is 8.61. The molecular weight excluding hydrogens is 452 g/mol. The van der Waals surface area contributed by atoms with E-state index < -0.39 is 47.7 Å². The molecule has 0 radical (unpaired) electrons. The summed E-state index contributed by atoms with van der Waals surface area (Å²) in [6, 6.07) is -1.13. The Morgan fingerprint density at radius 2 is 1.82 bits per heavy atom. The Morgan fingerprint density at radius 1 is 1.12 bits per heavy atom. The fourth-order valence-corrected chi connectivity index (χ4v) is 6.16. The lowest BCUT2D eigenvalue weighted by atomic mass is 9.88. The Balaban J connectivity index is 1.43. The van der Waals surface area contributed by atoms with Crippen LogP contribution in [0.5, 0.6) is 0 Å². The van der Waals surface area contributed by atoms with Gasteiger partial charge in [0.15, 0.2) is 5.79 Å². The lowest BCUT2D eigenvalue weighted by molar-refractivity contribution is -0.208. The van der Waals surface area contributed by atoms with Crippen molar-refractivity contribution < 1.29 is 39.1 Å². The molecule has 5 N–H and O–H groups in total. The molecule has 0 saturated carbocycles. The summed E-state index contributed by atoms with van der Waals surface area (Å²) in [5, 5.41) is 37.4. The minimum Gasteiger partial charge on any atom is -0.388 e. The smallest absolute Gasteiger partial charge is 0.240 e. The second kappa shape index (κ2) is 9.87. The van der Waals surface area contributed by atoms with Crippen molar-refractivity contribution in [2.45, 2.75) is 100 Å². The fraction of sp³-hybridized carbons (Fsp3) is 0.955. The number of carbonyl (C=O) groups is 1. The molecule has 3 unspecified atom stereocenters. The number of thioether (sulfide) groups is 1. The zero-order chi connectivity index (χ0) is 24.1. The van der Waals surface area contributed by atoms with Crippen molar-refractivity contribution in [2.75, 3.05) is 19.4 Å². The van der Waals surface area contributed by atoms with Crippen LogP contribution in [0.25, 0.3) is 0 Å². The number of carbonyl (C=O) groups excluding carboxylic acids is 1. The Hall–Kier alpha value is -0.500. The Labute approximate surface area is 199 Å². The van der Waals surface area contributed by atoms with Gasteiger partial charge >= 0.3 is 0 Å². The summed E-state index contributed by atoms with van der Waals surface area (Å²) >= 11 is 1.25. The number of amides is 1. The highest BCUT2D eigenvalue weighted by atomic mass is 32.2. The van der Waals surface area contributed by atoms with Gasteiger partial charge < -0.3 is 44.9 Å². The molecule has 190 valence electrons. The van der Waals surface area contributed by atoms with Gasteiger partial charge in [-0.15, -0.1) is 11.8 Å². The Kier molecular flexibility index (Phi) is 7.65. The first kappa shape index (κ1) is 25.6. The van der Waals surface area contributed by atoms with Crippen LogP contribution >= 0.6 is 11.8 Å². The van der Waals surface area contributed by atoms with Gasteiger partial charge in [-0.3, -0.25) is 4.79 Å². The minimum atomic E-state index is -1.36. The van der Waals surface area contributed by atoms with E-state index in [0.717, 1.165) is 6.42 Å². The van der Waals surface area contributed by atoms with Crippen molar-refractivity contribution in [3.05, 3.63) is 0 Å². The topological polar surface area (TPSA) is 139 Å². The SMILES string of the molecule is CSC1O[C@H]([C@H](NC(=O)[C@H]2NC[C@@H]3C[C@H]4OC(C)(C)O[C@H]4CO[C@H]32)C(C)C)C(O)C(O)[C@H]1O. The van der Waals surface area contributed by atoms with Crippen LogP contribution in [0.2, 0.25) is 0 Å². The first-order valence-electron chi connectivity index (χ1n) is 11.8. The number of ether oxygens (including phenoxy) is 4. The van der Waals surface area contributed by atoms with Crippen molar-refractivity contribution in [1.29, 1.82) is 0 Å². The third-order valence-corrected chi connectivity index (χ3v) is 8.02. The monoisotopic (exact) mass is 490 g/mol. The number of hydrogen-bond acceptors (Lipinski definition) is 10. The second-order valence-corrected chi connectivity index (χ2v) is 11.3. The maximum absolute atomic E-state index is 13.4. The highest BCUT2D eigenvalue weighted by Gasteiger charge is 2.52. The summed E-state index contributed by atoms with van der Waals surface area (Å²) in [5.74, 6) is -0.853. The van der Waals surface area contributed by atoms with Crippen molar-refractivity contribution in [3.8, 4) is 0 Å². The summed E-state index contributed by atoms with van der Waals surface area (Å²) < 4.78 is 24.1. The van der Waals surface area contributed by atoms with Gasteiger partial charge in [-0.1, -0.05) is 13.8 Å². The molecule has 4 aliphatic rings. The van der Waals surface area contributed by atoms with Gasteiger partial charge in [0, 0.05) is 12.5 Å². The number of rotatable bonds is 5. The van der Waals surface area contributed by atoms with Crippen LogP contribution in [0.4, 0.5) is 0 Å². The van der Waals surface area contributed by atoms with Crippen molar-refractivity contribution >= 4 is 17.7 Å². The average Bonchev–Trinajstić information content (AvgIpc) is 3.24. The van der Waals surface area contributed by atoms with Crippen molar-refractivity contribution in [3.63, 3.8) is 0 Å². The van der Waals surface area contributed by atoms with Gasteiger partial charge in [0.05, 0.1) is 24.9 Å². The van der Waals surface area contributed by atoms with E-state index in [0.29, 0.717) is 13.2 Å². The van der Waals surface area contributed by atoms with E-state index >= 15 is 0 Å². The molecule has 4 fully saturated rings. The first-order valence-corrected chi connectivity index (χ1v) is 13.0. The van der Waals surface area contributed by atoms with E-state index in [-0.39, 0.29) is 36.1 Å². The maximum atomic E-state index is 13.4. The largest absolute Gasteiger partial charge is 0.388 e. The highest BCUT2D eigenvalue weighted by molar-refractivity contribution is 7.99. The molecule has 11 atom stereocenters. The normalized spacial score (nSPS) is 45.8. The molecule has 0 spiro atoms. The minimum absolute atomic E-state index is 0.0656. The molecule has 4 rings (SSSR count). The van der Waals surface area contributed by atoms with E-state index in [1.54, 1.807) is 6.26 Å². The fourth-order valence-electron chi connectivity index (χ4n) is 5.48. The molecule has 4 aliphatic heterocycles. The number of hydrogen-bond donors (Lipinski definition) is 5. The van der Waals surface area contributed by atoms with Gasteiger partial charge in [-0.2, -0.15) is 0 Å². The third kappa shape index (κ3) is 5.07. The van der Waals surface area contributed by atoms with Gasteiger partial charge in [0.25, 0.3) is 0 Å². The van der Waals surface area contributed by atoms with Gasteiger partial charge in [0.2, 0.25) is 5.91 Å². The van der Waals surface area contributed by atoms with Gasteiger partial charge in [-0.25, -0.2) is 0 Å². The molecule has 0 aromatic carbocycles. The lowest BCUT2D eigenvalue weighted by Gasteiger charge is -2.44. The van der Waals surface area contributed by atoms with Crippen LogP contribution in [0.3, 0.4) is 0 Å². The van der Waals surface area contributed by atoms with E-state index in [2.05, 4.69) is 10.6 Å². The van der Waals surface area contributed by atoms with E-state index in [4.69, 9.17) is 18.9 Å². The van der Waals surface area contributed by atoms with Crippen LogP contribution < -0.4 is 10.6 Å². The van der Waals surface area contributed by atoms with Crippen LogP contribution in [0, 0.1) is 11.8 Å². The predicted molar refractivity (Wildman–Crippen MR) is 120 cm³/mol. The van der Waals surface area contributed by atoms with Crippen LogP contribution in [-0.4, -0.2) is 107 Å². The summed E-state index contributed by atoms with van der Waals surface area (Å²) in [6.07, 6.45) is -2.79. The zero-order valence-corrected chi connectivity index (χ0v) is 20.7. The van der Waals surface area contributed by atoms with E-state index in [1.165, 1.54) is 11.8 Å². The molecule has 4 heterocycles. The summed E-state index contributed by atoms with van der Waals surface area (Å²) in [7, 11) is 0. The molecular formula is C22H38N2O8S. The molecule has 11 heteroatoms. The zero-order valence-electron chi connectivity index (χ0n) is 19.8. The molecule has 0 aromatic rings. The van der Waals surface area contributed by atoms with Crippen LogP contribution in [0.15, 0.2) is 0 Å². The van der Waals surface area contributed by atoms with Crippen molar-refractivity contribution in [1.82, 2.24) is 10.6 Å². The number of aliphatic hydroxyl groups excluding tert-OH is 3. The Bertz CT molecular complexity index is 710. The summed E-state index contributed by atoms with van der Waals surface area (Å²) in [4.78, 5) is 13.4. The van der Waals surface area contributed by atoms with Gasteiger partial charge in [0.1, 0.15) is 42.0 Å². The average molecular weight is 491 g/mol. The molecule has 1 amide bonds. The standard InChI is InChI=1S/C22H38N2O8S/c1-9(2)13(19-16(26)15(25)17(27)21(30-19)33-5)24-20(28)14-18-10(7-23-14)6-11-12(8-29-18)32-22(3,4)31-11/h9-19,21,23,25-27H,6-8H2,1-5H3,(H,24,28)/t10-,11+,12-,13+,14-,15?,16?,17+,18+,19+,21?/m0/s1. The quantitative estimate of drug-likeness (QED) is 0.333. The first-order chi connectivity index (χ1) is 15.5. The lowest BCUT2D eigenvalue weighted by Crippen LogP contribution is -2.65. The molecule has 4 saturated heterocycles.